The first-order chi connectivity index (χ1) is 7.33. The van der Waals surface area contributed by atoms with Crippen molar-refractivity contribution >= 4 is 17.7 Å². The highest BCUT2D eigenvalue weighted by Crippen LogP contribution is 2.29. The molecule has 1 saturated heterocycles. The van der Waals surface area contributed by atoms with Crippen molar-refractivity contribution in [3.63, 3.8) is 0 Å². The highest BCUT2D eigenvalue weighted by molar-refractivity contribution is 8.00. The quantitative estimate of drug-likeness (QED) is 0.746. The molecule has 1 fully saturated rings. The van der Waals surface area contributed by atoms with E-state index in [0.29, 0.717) is 6.54 Å². The molecule has 0 aromatic carbocycles. The summed E-state index contributed by atoms with van der Waals surface area (Å²) in [6.45, 7) is 3.24. The van der Waals surface area contributed by atoms with Crippen LogP contribution in [-0.2, 0) is 4.79 Å². The van der Waals surface area contributed by atoms with Gasteiger partial charge in [0.2, 0.25) is 5.91 Å². The molecule has 1 unspecified atom stereocenters. The fourth-order valence-electron chi connectivity index (χ4n) is 1.56. The number of halogens is 3. The van der Waals surface area contributed by atoms with E-state index in [9.17, 15) is 18.0 Å². The van der Waals surface area contributed by atoms with E-state index in [2.05, 4.69) is 10.6 Å². The maximum atomic E-state index is 11.8. The number of hydrogen-bond acceptors (Lipinski definition) is 3. The summed E-state index contributed by atoms with van der Waals surface area (Å²) in [5.41, 5.74) is -4.69. The zero-order valence-corrected chi connectivity index (χ0v) is 9.80. The average Bonchev–Trinajstić information content (AvgIpc) is 2.59. The van der Waals surface area contributed by atoms with Crippen molar-refractivity contribution in [2.45, 2.75) is 18.9 Å². The van der Waals surface area contributed by atoms with Gasteiger partial charge in [0.05, 0.1) is 5.41 Å². The van der Waals surface area contributed by atoms with Gasteiger partial charge in [-0.1, -0.05) is 0 Å². The van der Waals surface area contributed by atoms with Crippen LogP contribution in [0.4, 0.5) is 13.2 Å². The largest absolute Gasteiger partial charge is 0.441 e. The summed E-state index contributed by atoms with van der Waals surface area (Å²) in [7, 11) is 0. The van der Waals surface area contributed by atoms with Gasteiger partial charge in [0.15, 0.2) is 0 Å². The molecular formula is C9H15F3N2OS. The monoisotopic (exact) mass is 256 g/mol. The van der Waals surface area contributed by atoms with Gasteiger partial charge in [-0.2, -0.15) is 13.2 Å². The summed E-state index contributed by atoms with van der Waals surface area (Å²) >= 11 is -0.113. The minimum absolute atomic E-state index is 0.0542. The van der Waals surface area contributed by atoms with Crippen LogP contribution in [-0.4, -0.2) is 36.8 Å². The summed E-state index contributed by atoms with van der Waals surface area (Å²) < 4.78 is 35.4. The SMILES string of the molecule is CC1(C(=O)NCCSC(F)(F)F)CCNC1. The minimum atomic E-state index is -4.22. The summed E-state index contributed by atoms with van der Waals surface area (Å²) in [4.78, 5) is 11.6. The highest BCUT2D eigenvalue weighted by Gasteiger charge is 2.36. The molecule has 1 amide bonds. The first kappa shape index (κ1) is 13.6. The fourth-order valence-corrected chi connectivity index (χ4v) is 1.99. The van der Waals surface area contributed by atoms with Crippen LogP contribution >= 0.6 is 11.8 Å². The number of rotatable bonds is 4. The van der Waals surface area contributed by atoms with Crippen LogP contribution in [0.1, 0.15) is 13.3 Å². The van der Waals surface area contributed by atoms with E-state index < -0.39 is 10.9 Å². The Balaban J connectivity index is 2.20. The Hall–Kier alpha value is -0.430. The van der Waals surface area contributed by atoms with Crippen LogP contribution in [0.5, 0.6) is 0 Å². The maximum Gasteiger partial charge on any atom is 0.441 e. The lowest BCUT2D eigenvalue weighted by molar-refractivity contribution is -0.129. The van der Waals surface area contributed by atoms with Crippen LogP contribution in [0.2, 0.25) is 0 Å². The van der Waals surface area contributed by atoms with Crippen LogP contribution < -0.4 is 10.6 Å². The molecular weight excluding hydrogens is 241 g/mol. The zero-order chi connectivity index (χ0) is 12.2. The number of alkyl halides is 3. The molecule has 0 aromatic rings. The number of hydrogen-bond donors (Lipinski definition) is 2. The first-order valence-corrected chi connectivity index (χ1v) is 6.02. The lowest BCUT2D eigenvalue weighted by atomic mass is 9.89. The Morgan fingerprint density at radius 1 is 1.56 bits per heavy atom. The summed E-state index contributed by atoms with van der Waals surface area (Å²) in [5, 5.41) is 5.60. The highest BCUT2D eigenvalue weighted by atomic mass is 32.2. The molecule has 1 rings (SSSR count). The molecule has 0 aliphatic carbocycles. The number of carbonyl (C=O) groups is 1. The lowest BCUT2D eigenvalue weighted by Gasteiger charge is -2.21. The standard InChI is InChI=1S/C9H15F3N2OS/c1-8(2-3-13-6-8)7(15)14-4-5-16-9(10,11)12/h13H,2-6H2,1H3,(H,14,15). The lowest BCUT2D eigenvalue weighted by Crippen LogP contribution is -2.41. The molecule has 3 nitrogen and oxygen atoms in total. The van der Waals surface area contributed by atoms with E-state index in [-0.39, 0.29) is 30.0 Å². The van der Waals surface area contributed by atoms with Gasteiger partial charge in [0.25, 0.3) is 0 Å². The van der Waals surface area contributed by atoms with Gasteiger partial charge in [0.1, 0.15) is 0 Å². The zero-order valence-electron chi connectivity index (χ0n) is 8.99. The number of amides is 1. The van der Waals surface area contributed by atoms with E-state index in [1.165, 1.54) is 0 Å². The van der Waals surface area contributed by atoms with Crippen molar-refractivity contribution in [3.8, 4) is 0 Å². The van der Waals surface area contributed by atoms with Crippen molar-refractivity contribution in [2.24, 2.45) is 5.41 Å². The molecule has 1 aliphatic rings. The third-order valence-corrected chi connectivity index (χ3v) is 3.31. The van der Waals surface area contributed by atoms with Gasteiger partial charge in [-0.15, -0.1) is 0 Å². The minimum Gasteiger partial charge on any atom is -0.355 e. The average molecular weight is 256 g/mol. The Morgan fingerprint density at radius 2 is 2.25 bits per heavy atom. The van der Waals surface area contributed by atoms with E-state index in [4.69, 9.17) is 0 Å². The van der Waals surface area contributed by atoms with Gasteiger partial charge >= 0.3 is 5.51 Å². The van der Waals surface area contributed by atoms with Crippen molar-refractivity contribution in [2.75, 3.05) is 25.4 Å². The van der Waals surface area contributed by atoms with Crippen LogP contribution in [0.3, 0.4) is 0 Å². The smallest absolute Gasteiger partial charge is 0.355 e. The molecule has 2 N–H and O–H groups in total. The molecule has 7 heteroatoms. The second-order valence-electron chi connectivity index (χ2n) is 4.04. The Bertz CT molecular complexity index is 252. The van der Waals surface area contributed by atoms with Crippen molar-refractivity contribution < 1.29 is 18.0 Å². The molecule has 0 spiro atoms. The fraction of sp³-hybridized carbons (Fsp3) is 0.889. The van der Waals surface area contributed by atoms with Crippen LogP contribution in [0.15, 0.2) is 0 Å². The normalized spacial score (nSPS) is 25.8. The van der Waals surface area contributed by atoms with Gasteiger partial charge in [-0.05, 0) is 31.7 Å². The number of nitrogens with one attached hydrogen (secondary N) is 2. The van der Waals surface area contributed by atoms with Gasteiger partial charge < -0.3 is 10.6 Å². The molecule has 94 valence electrons. The first-order valence-electron chi connectivity index (χ1n) is 5.03. The predicted molar refractivity (Wildman–Crippen MR) is 57.1 cm³/mol. The van der Waals surface area contributed by atoms with Gasteiger partial charge in [0, 0.05) is 18.8 Å². The van der Waals surface area contributed by atoms with Crippen molar-refractivity contribution in [3.05, 3.63) is 0 Å². The molecule has 1 atom stereocenters. The van der Waals surface area contributed by atoms with E-state index in [0.717, 1.165) is 13.0 Å². The second kappa shape index (κ2) is 5.27. The maximum absolute atomic E-state index is 11.8. The summed E-state index contributed by atoms with van der Waals surface area (Å²) in [6, 6.07) is 0. The number of thioether (sulfide) groups is 1. The second-order valence-corrected chi connectivity index (χ2v) is 5.20. The molecule has 16 heavy (non-hydrogen) atoms. The molecule has 0 aromatic heterocycles. The molecule has 0 saturated carbocycles. The Morgan fingerprint density at radius 3 is 2.75 bits per heavy atom. The van der Waals surface area contributed by atoms with Gasteiger partial charge in [-0.25, -0.2) is 0 Å². The Kier molecular flexibility index (Phi) is 4.49. The molecule has 0 radical (unpaired) electrons. The van der Waals surface area contributed by atoms with E-state index in [1.807, 2.05) is 6.92 Å². The van der Waals surface area contributed by atoms with Crippen LogP contribution in [0.25, 0.3) is 0 Å². The number of carbonyl (C=O) groups excluding carboxylic acids is 1. The third-order valence-electron chi connectivity index (χ3n) is 2.57. The predicted octanol–water partition coefficient (Wildman–Crippen LogP) is 1.36. The van der Waals surface area contributed by atoms with Crippen molar-refractivity contribution in [1.82, 2.24) is 10.6 Å². The molecule has 0 bridgehead atoms. The topological polar surface area (TPSA) is 41.1 Å². The van der Waals surface area contributed by atoms with Crippen molar-refractivity contribution in [1.29, 1.82) is 0 Å². The third kappa shape index (κ3) is 4.21. The summed E-state index contributed by atoms with van der Waals surface area (Å²) in [6.07, 6.45) is 0.727. The summed E-state index contributed by atoms with van der Waals surface area (Å²) in [5.74, 6) is -0.307. The van der Waals surface area contributed by atoms with E-state index >= 15 is 0 Å². The molecule has 1 heterocycles. The molecule has 1 aliphatic heterocycles. The Labute approximate surface area is 96.5 Å². The van der Waals surface area contributed by atoms with E-state index in [1.54, 1.807) is 0 Å². The van der Waals surface area contributed by atoms with Gasteiger partial charge in [-0.3, -0.25) is 4.79 Å². The van der Waals surface area contributed by atoms with Crippen LogP contribution in [0, 0.1) is 5.41 Å².